The molecule has 6 heteroatoms. The monoisotopic (exact) mass is 354 g/mol. The standard InChI is InChI=1S/C17H23ClN2O2S/c18-14-3-5-16(6-4-14)23-13-17(21)20-9-7-19(8-10-20)12-15-2-1-11-22-15/h3-6,15H,1-2,7-13H2. The minimum absolute atomic E-state index is 0.224. The van der Waals surface area contributed by atoms with Gasteiger partial charge in [0.1, 0.15) is 0 Å². The van der Waals surface area contributed by atoms with Crippen LogP contribution in [-0.2, 0) is 9.53 Å². The van der Waals surface area contributed by atoms with Crippen molar-refractivity contribution in [2.24, 2.45) is 0 Å². The van der Waals surface area contributed by atoms with Gasteiger partial charge in [0.15, 0.2) is 0 Å². The molecule has 2 aliphatic rings. The molecule has 0 bridgehead atoms. The molecule has 2 saturated heterocycles. The Kier molecular flexibility index (Phi) is 6.22. The molecule has 1 unspecified atom stereocenters. The van der Waals surface area contributed by atoms with Gasteiger partial charge in [-0.15, -0.1) is 11.8 Å². The zero-order valence-electron chi connectivity index (χ0n) is 13.2. The maximum absolute atomic E-state index is 12.3. The molecule has 1 amide bonds. The first-order valence-electron chi connectivity index (χ1n) is 8.21. The summed E-state index contributed by atoms with van der Waals surface area (Å²) in [5, 5.41) is 0.725. The number of hydrogen-bond acceptors (Lipinski definition) is 4. The molecular formula is C17H23ClN2O2S. The van der Waals surface area contributed by atoms with E-state index in [4.69, 9.17) is 16.3 Å². The SMILES string of the molecule is O=C(CSc1ccc(Cl)cc1)N1CCN(CC2CCCO2)CC1. The van der Waals surface area contributed by atoms with Gasteiger partial charge in [-0.25, -0.2) is 0 Å². The molecule has 0 spiro atoms. The lowest BCUT2D eigenvalue weighted by Crippen LogP contribution is -2.50. The molecule has 1 aromatic carbocycles. The van der Waals surface area contributed by atoms with Gasteiger partial charge in [0.2, 0.25) is 5.91 Å². The molecule has 3 rings (SSSR count). The number of hydrogen-bond donors (Lipinski definition) is 0. The largest absolute Gasteiger partial charge is 0.377 e. The molecular weight excluding hydrogens is 332 g/mol. The lowest BCUT2D eigenvalue weighted by Gasteiger charge is -2.35. The zero-order valence-corrected chi connectivity index (χ0v) is 14.8. The van der Waals surface area contributed by atoms with Crippen molar-refractivity contribution >= 4 is 29.3 Å². The third kappa shape index (κ3) is 5.11. The molecule has 0 saturated carbocycles. The molecule has 2 aliphatic heterocycles. The number of thioether (sulfide) groups is 1. The average molecular weight is 355 g/mol. The first kappa shape index (κ1) is 17.1. The molecule has 126 valence electrons. The second kappa shape index (κ2) is 8.38. The highest BCUT2D eigenvalue weighted by Gasteiger charge is 2.24. The smallest absolute Gasteiger partial charge is 0.233 e. The highest BCUT2D eigenvalue weighted by atomic mass is 35.5. The van der Waals surface area contributed by atoms with E-state index in [2.05, 4.69) is 4.90 Å². The predicted octanol–water partition coefficient (Wildman–Crippen LogP) is 2.76. The average Bonchev–Trinajstić information content (AvgIpc) is 3.08. The van der Waals surface area contributed by atoms with Crippen LogP contribution in [0.1, 0.15) is 12.8 Å². The molecule has 1 aromatic rings. The van der Waals surface area contributed by atoms with E-state index in [1.54, 1.807) is 11.8 Å². The van der Waals surface area contributed by atoms with Crippen molar-refractivity contribution in [3.05, 3.63) is 29.3 Å². The topological polar surface area (TPSA) is 32.8 Å². The third-order valence-corrected chi connectivity index (χ3v) is 5.64. The molecule has 0 radical (unpaired) electrons. The summed E-state index contributed by atoms with van der Waals surface area (Å²) in [5.41, 5.74) is 0. The Morgan fingerprint density at radius 3 is 2.61 bits per heavy atom. The van der Waals surface area contributed by atoms with E-state index in [0.717, 1.165) is 49.2 Å². The Morgan fingerprint density at radius 1 is 1.22 bits per heavy atom. The first-order valence-corrected chi connectivity index (χ1v) is 9.57. The number of nitrogens with zero attached hydrogens (tertiary/aromatic N) is 2. The van der Waals surface area contributed by atoms with Crippen molar-refractivity contribution in [3.8, 4) is 0 Å². The summed E-state index contributed by atoms with van der Waals surface area (Å²) in [4.78, 5) is 17.8. The minimum atomic E-state index is 0.224. The summed E-state index contributed by atoms with van der Waals surface area (Å²) in [6.07, 6.45) is 2.76. The predicted molar refractivity (Wildman–Crippen MR) is 94.2 cm³/mol. The van der Waals surface area contributed by atoms with E-state index in [0.29, 0.717) is 11.9 Å². The molecule has 4 nitrogen and oxygen atoms in total. The van der Waals surface area contributed by atoms with Crippen LogP contribution in [0.3, 0.4) is 0 Å². The van der Waals surface area contributed by atoms with Crippen LogP contribution in [0.5, 0.6) is 0 Å². The van der Waals surface area contributed by atoms with Gasteiger partial charge >= 0.3 is 0 Å². The Balaban J connectivity index is 1.38. The number of halogens is 1. The van der Waals surface area contributed by atoms with Crippen LogP contribution in [-0.4, -0.2) is 66.9 Å². The van der Waals surface area contributed by atoms with Crippen molar-refractivity contribution in [1.29, 1.82) is 0 Å². The summed E-state index contributed by atoms with van der Waals surface area (Å²) in [5.74, 6) is 0.717. The Hall–Kier alpha value is -0.750. The summed E-state index contributed by atoms with van der Waals surface area (Å²) >= 11 is 7.45. The highest BCUT2D eigenvalue weighted by molar-refractivity contribution is 8.00. The fraction of sp³-hybridized carbons (Fsp3) is 0.588. The zero-order chi connectivity index (χ0) is 16.1. The van der Waals surface area contributed by atoms with Crippen LogP contribution in [0.15, 0.2) is 29.2 Å². The van der Waals surface area contributed by atoms with Crippen LogP contribution in [0.25, 0.3) is 0 Å². The van der Waals surface area contributed by atoms with Crippen molar-refractivity contribution < 1.29 is 9.53 Å². The summed E-state index contributed by atoms with van der Waals surface area (Å²) in [6.45, 7) is 5.49. The molecule has 2 heterocycles. The summed E-state index contributed by atoms with van der Waals surface area (Å²) < 4.78 is 5.69. The molecule has 0 N–H and O–H groups in total. The number of ether oxygens (including phenoxy) is 1. The highest BCUT2D eigenvalue weighted by Crippen LogP contribution is 2.21. The lowest BCUT2D eigenvalue weighted by molar-refractivity contribution is -0.130. The van der Waals surface area contributed by atoms with Gasteiger partial charge in [0.25, 0.3) is 0 Å². The second-order valence-corrected chi connectivity index (χ2v) is 7.54. The van der Waals surface area contributed by atoms with E-state index in [-0.39, 0.29) is 5.91 Å². The van der Waals surface area contributed by atoms with Gasteiger partial charge in [-0.1, -0.05) is 11.6 Å². The quantitative estimate of drug-likeness (QED) is 0.761. The van der Waals surface area contributed by atoms with E-state index < -0.39 is 0 Å². The van der Waals surface area contributed by atoms with Gasteiger partial charge in [-0.05, 0) is 37.1 Å². The Bertz CT molecular complexity index is 512. The van der Waals surface area contributed by atoms with Crippen molar-refractivity contribution in [3.63, 3.8) is 0 Å². The number of piperazine rings is 1. The normalized spacial score (nSPS) is 22.5. The van der Waals surface area contributed by atoms with Crippen molar-refractivity contribution in [2.75, 3.05) is 45.1 Å². The lowest BCUT2D eigenvalue weighted by atomic mass is 10.2. The second-order valence-electron chi connectivity index (χ2n) is 6.06. The maximum atomic E-state index is 12.3. The number of benzene rings is 1. The number of carbonyl (C=O) groups is 1. The van der Waals surface area contributed by atoms with Gasteiger partial charge in [0, 0.05) is 49.2 Å². The third-order valence-electron chi connectivity index (χ3n) is 4.39. The molecule has 1 atom stereocenters. The van der Waals surface area contributed by atoms with Crippen LogP contribution in [0.4, 0.5) is 0 Å². The van der Waals surface area contributed by atoms with E-state index in [1.165, 1.54) is 12.8 Å². The Labute approximate surface area is 147 Å². The summed E-state index contributed by atoms with van der Waals surface area (Å²) in [7, 11) is 0. The fourth-order valence-corrected chi connectivity index (χ4v) is 3.95. The minimum Gasteiger partial charge on any atom is -0.377 e. The maximum Gasteiger partial charge on any atom is 0.233 e. The fourth-order valence-electron chi connectivity index (χ4n) is 3.02. The van der Waals surface area contributed by atoms with Crippen LogP contribution in [0, 0.1) is 0 Å². The molecule has 0 aromatic heterocycles. The Morgan fingerprint density at radius 2 is 1.96 bits per heavy atom. The van der Waals surface area contributed by atoms with Gasteiger partial charge < -0.3 is 9.64 Å². The van der Waals surface area contributed by atoms with Gasteiger partial charge in [0.05, 0.1) is 11.9 Å². The summed E-state index contributed by atoms with van der Waals surface area (Å²) in [6, 6.07) is 7.64. The number of carbonyl (C=O) groups excluding carboxylic acids is 1. The van der Waals surface area contributed by atoms with E-state index in [9.17, 15) is 4.79 Å². The van der Waals surface area contributed by atoms with Crippen molar-refractivity contribution in [1.82, 2.24) is 9.80 Å². The number of rotatable bonds is 5. The van der Waals surface area contributed by atoms with Crippen LogP contribution in [0.2, 0.25) is 5.02 Å². The molecule has 0 aliphatic carbocycles. The van der Waals surface area contributed by atoms with Crippen LogP contribution < -0.4 is 0 Å². The molecule has 23 heavy (non-hydrogen) atoms. The van der Waals surface area contributed by atoms with Gasteiger partial charge in [-0.2, -0.15) is 0 Å². The first-order chi connectivity index (χ1) is 11.2. The van der Waals surface area contributed by atoms with E-state index >= 15 is 0 Å². The van der Waals surface area contributed by atoms with Gasteiger partial charge in [-0.3, -0.25) is 9.69 Å². The molecule has 2 fully saturated rings. The van der Waals surface area contributed by atoms with Crippen molar-refractivity contribution in [2.45, 2.75) is 23.8 Å². The van der Waals surface area contributed by atoms with E-state index in [1.807, 2.05) is 29.2 Å². The van der Waals surface area contributed by atoms with Crippen LogP contribution >= 0.6 is 23.4 Å². The number of amides is 1.